The van der Waals surface area contributed by atoms with Crippen LogP contribution < -0.4 is 19.7 Å². The van der Waals surface area contributed by atoms with Crippen molar-refractivity contribution in [2.75, 3.05) is 37.5 Å². The molecule has 0 unspecified atom stereocenters. The topological polar surface area (TPSA) is 81.5 Å². The Balaban J connectivity index is 1.67. The lowest BCUT2D eigenvalue weighted by molar-refractivity contribution is 0.102. The number of aromatic nitrogens is 3. The summed E-state index contributed by atoms with van der Waals surface area (Å²) in [6.45, 7) is 10.2. The lowest BCUT2D eigenvalue weighted by Gasteiger charge is -2.22. The Kier molecular flexibility index (Phi) is 6.91. The molecule has 4 aromatic rings. The molecule has 0 radical (unpaired) electrons. The number of fused-ring (bicyclic) bond motifs is 1. The minimum Gasteiger partial charge on any atom is -0.496 e. The number of hydrogen-bond acceptors (Lipinski definition) is 6. The summed E-state index contributed by atoms with van der Waals surface area (Å²) >= 11 is 0. The van der Waals surface area contributed by atoms with E-state index in [-0.39, 0.29) is 5.91 Å². The Bertz CT molecular complexity index is 1350. The molecular formula is C27H31N5O3. The summed E-state index contributed by atoms with van der Waals surface area (Å²) in [4.78, 5) is 17.1. The van der Waals surface area contributed by atoms with Gasteiger partial charge in [-0.25, -0.2) is 0 Å². The largest absolute Gasteiger partial charge is 0.496 e. The van der Waals surface area contributed by atoms with Crippen LogP contribution in [0.15, 0.2) is 48.5 Å². The molecule has 1 heterocycles. The number of ether oxygens (including phenoxy) is 2. The molecule has 182 valence electrons. The van der Waals surface area contributed by atoms with E-state index in [2.05, 4.69) is 43.1 Å². The minimum atomic E-state index is -0.322. The second-order valence-corrected chi connectivity index (χ2v) is 8.28. The van der Waals surface area contributed by atoms with Crippen LogP contribution >= 0.6 is 0 Å². The number of hydrogen-bond donors (Lipinski definition) is 1. The number of carbonyl (C=O) groups is 1. The summed E-state index contributed by atoms with van der Waals surface area (Å²) in [6, 6.07) is 15.3. The first-order chi connectivity index (χ1) is 16.9. The first kappa shape index (κ1) is 24.1. The molecule has 3 aromatic carbocycles. The number of anilines is 2. The number of methoxy groups -OCH3 is 2. The van der Waals surface area contributed by atoms with Crippen molar-refractivity contribution in [2.45, 2.75) is 27.7 Å². The highest BCUT2D eigenvalue weighted by atomic mass is 16.5. The van der Waals surface area contributed by atoms with Crippen LogP contribution in [0.25, 0.3) is 16.7 Å². The molecule has 0 spiro atoms. The quantitative estimate of drug-likeness (QED) is 0.381. The molecule has 8 nitrogen and oxygen atoms in total. The SMILES string of the molecule is CCN(CC)c1ccc(-n2nc3cc(C)c(NC(=O)c4c(OC)cccc4OC)cc3n2)c(C)c1. The number of nitrogens with one attached hydrogen (secondary N) is 1. The van der Waals surface area contributed by atoms with Gasteiger partial charge in [-0.3, -0.25) is 4.79 Å². The van der Waals surface area contributed by atoms with Gasteiger partial charge in [0.15, 0.2) is 0 Å². The first-order valence-corrected chi connectivity index (χ1v) is 11.7. The Morgan fingerprint density at radius 3 is 2.11 bits per heavy atom. The highest BCUT2D eigenvalue weighted by Gasteiger charge is 2.20. The molecule has 35 heavy (non-hydrogen) atoms. The third-order valence-corrected chi connectivity index (χ3v) is 6.15. The fourth-order valence-corrected chi connectivity index (χ4v) is 4.22. The van der Waals surface area contributed by atoms with Crippen LogP contribution in [0.4, 0.5) is 11.4 Å². The van der Waals surface area contributed by atoms with E-state index in [0.29, 0.717) is 28.3 Å². The lowest BCUT2D eigenvalue weighted by Crippen LogP contribution is -2.21. The average molecular weight is 474 g/mol. The van der Waals surface area contributed by atoms with Crippen LogP contribution in [0.2, 0.25) is 0 Å². The molecule has 1 aromatic heterocycles. The molecule has 0 bridgehead atoms. The Labute approximate surface area is 205 Å². The van der Waals surface area contributed by atoms with Gasteiger partial charge in [-0.15, -0.1) is 10.2 Å². The van der Waals surface area contributed by atoms with E-state index in [9.17, 15) is 4.79 Å². The van der Waals surface area contributed by atoms with Crippen LogP contribution in [-0.2, 0) is 0 Å². The van der Waals surface area contributed by atoms with Crippen LogP contribution in [-0.4, -0.2) is 48.2 Å². The van der Waals surface area contributed by atoms with Crippen molar-refractivity contribution < 1.29 is 14.3 Å². The number of benzene rings is 3. The zero-order chi connectivity index (χ0) is 25.1. The molecule has 0 saturated heterocycles. The van der Waals surface area contributed by atoms with Gasteiger partial charge in [0.25, 0.3) is 5.91 Å². The average Bonchev–Trinajstić information content (AvgIpc) is 3.26. The van der Waals surface area contributed by atoms with Crippen molar-refractivity contribution in [3.63, 3.8) is 0 Å². The van der Waals surface area contributed by atoms with Crippen molar-refractivity contribution >= 4 is 28.3 Å². The first-order valence-electron chi connectivity index (χ1n) is 11.7. The molecule has 1 amide bonds. The van der Waals surface area contributed by atoms with Crippen molar-refractivity contribution in [3.05, 3.63) is 65.2 Å². The zero-order valence-electron chi connectivity index (χ0n) is 21.0. The Morgan fingerprint density at radius 1 is 0.914 bits per heavy atom. The molecule has 0 aliphatic rings. The molecule has 0 fully saturated rings. The predicted molar refractivity (Wildman–Crippen MR) is 139 cm³/mol. The van der Waals surface area contributed by atoms with Gasteiger partial charge in [0.2, 0.25) is 0 Å². The van der Waals surface area contributed by atoms with Crippen LogP contribution in [0.5, 0.6) is 11.5 Å². The minimum absolute atomic E-state index is 0.322. The molecule has 0 aliphatic carbocycles. The third-order valence-electron chi connectivity index (χ3n) is 6.15. The van der Waals surface area contributed by atoms with Gasteiger partial charge < -0.3 is 19.7 Å². The molecule has 4 rings (SSSR count). The summed E-state index contributed by atoms with van der Waals surface area (Å²) in [5.41, 5.74) is 6.48. The smallest absolute Gasteiger partial charge is 0.263 e. The van der Waals surface area contributed by atoms with Gasteiger partial charge in [0.05, 0.1) is 19.9 Å². The van der Waals surface area contributed by atoms with Gasteiger partial charge in [-0.05, 0) is 81.3 Å². The second-order valence-electron chi connectivity index (χ2n) is 8.28. The van der Waals surface area contributed by atoms with Crippen LogP contribution in [0.1, 0.15) is 35.3 Å². The molecule has 0 atom stereocenters. The Morgan fingerprint density at radius 2 is 1.54 bits per heavy atom. The number of carbonyl (C=O) groups excluding carboxylic acids is 1. The molecule has 0 saturated carbocycles. The summed E-state index contributed by atoms with van der Waals surface area (Å²) in [5, 5.41) is 12.4. The standard InChI is InChI=1S/C27H31N5O3/c1-7-31(8-2)19-12-13-23(18(4)14-19)32-29-21-15-17(3)20(16-22(21)30-32)28-27(33)26-24(34-5)10-9-11-25(26)35-6/h9-16H,7-8H2,1-6H3,(H,28,33). The van der Waals surface area contributed by atoms with E-state index in [1.165, 1.54) is 19.9 Å². The monoisotopic (exact) mass is 473 g/mol. The van der Waals surface area contributed by atoms with Crippen molar-refractivity contribution in [1.82, 2.24) is 15.0 Å². The fourth-order valence-electron chi connectivity index (χ4n) is 4.22. The van der Waals surface area contributed by atoms with E-state index >= 15 is 0 Å². The molecule has 1 N–H and O–H groups in total. The van der Waals surface area contributed by atoms with E-state index < -0.39 is 0 Å². The molecule has 0 aliphatic heterocycles. The maximum atomic E-state index is 13.2. The third kappa shape index (κ3) is 4.64. The summed E-state index contributed by atoms with van der Waals surface area (Å²) in [5.74, 6) is 0.558. The van der Waals surface area contributed by atoms with Crippen LogP contribution in [0, 0.1) is 13.8 Å². The predicted octanol–water partition coefficient (Wildman–Crippen LogP) is 5.15. The van der Waals surface area contributed by atoms with Gasteiger partial charge in [-0.2, -0.15) is 4.80 Å². The highest BCUT2D eigenvalue weighted by Crippen LogP contribution is 2.30. The van der Waals surface area contributed by atoms with Crippen molar-refractivity contribution in [1.29, 1.82) is 0 Å². The second kappa shape index (κ2) is 10.0. The normalized spacial score (nSPS) is 10.9. The van der Waals surface area contributed by atoms with Crippen molar-refractivity contribution in [3.8, 4) is 17.2 Å². The summed E-state index contributed by atoms with van der Waals surface area (Å²) < 4.78 is 10.8. The molecular weight excluding hydrogens is 442 g/mol. The van der Waals surface area contributed by atoms with E-state index in [4.69, 9.17) is 19.7 Å². The van der Waals surface area contributed by atoms with Gasteiger partial charge in [0.1, 0.15) is 28.1 Å². The molecule has 8 heteroatoms. The number of nitrogens with zero attached hydrogens (tertiary/aromatic N) is 4. The zero-order valence-corrected chi connectivity index (χ0v) is 21.0. The Hall–Kier alpha value is -4.07. The maximum absolute atomic E-state index is 13.2. The van der Waals surface area contributed by atoms with Gasteiger partial charge in [0, 0.05) is 24.5 Å². The maximum Gasteiger partial charge on any atom is 0.263 e. The van der Waals surface area contributed by atoms with Gasteiger partial charge in [-0.1, -0.05) is 6.07 Å². The van der Waals surface area contributed by atoms with E-state index in [0.717, 1.165) is 35.4 Å². The highest BCUT2D eigenvalue weighted by molar-refractivity contribution is 6.09. The number of aryl methyl sites for hydroxylation is 2. The van der Waals surface area contributed by atoms with Gasteiger partial charge >= 0.3 is 0 Å². The number of rotatable bonds is 8. The van der Waals surface area contributed by atoms with E-state index in [1.54, 1.807) is 23.0 Å². The lowest BCUT2D eigenvalue weighted by atomic mass is 10.1. The van der Waals surface area contributed by atoms with Crippen molar-refractivity contribution in [2.24, 2.45) is 0 Å². The van der Waals surface area contributed by atoms with E-state index in [1.807, 2.05) is 25.1 Å². The summed E-state index contributed by atoms with van der Waals surface area (Å²) in [6.07, 6.45) is 0. The summed E-state index contributed by atoms with van der Waals surface area (Å²) in [7, 11) is 3.05. The fraction of sp³-hybridized carbons (Fsp3) is 0.296. The number of amides is 1. The van der Waals surface area contributed by atoms with Crippen LogP contribution in [0.3, 0.4) is 0 Å².